The number of carbonyl (C=O) groups excluding carboxylic acids is 1. The van der Waals surface area contributed by atoms with E-state index in [0.29, 0.717) is 5.95 Å². The molecule has 1 aromatic heterocycles. The van der Waals surface area contributed by atoms with E-state index in [0.717, 1.165) is 16.6 Å². The number of aromatic nitrogens is 2. The molecule has 5 heteroatoms. The quantitative estimate of drug-likeness (QED) is 0.774. The van der Waals surface area contributed by atoms with Crippen molar-refractivity contribution in [2.24, 2.45) is 0 Å². The molecule has 0 aliphatic carbocycles. The summed E-state index contributed by atoms with van der Waals surface area (Å²) in [5, 5.41) is 3.29. The highest BCUT2D eigenvalue weighted by molar-refractivity contribution is 5.95. The summed E-state index contributed by atoms with van der Waals surface area (Å²) in [5.74, 6) is 0.618. The van der Waals surface area contributed by atoms with Gasteiger partial charge in [0.25, 0.3) is 0 Å². The van der Waals surface area contributed by atoms with Crippen molar-refractivity contribution < 1.29 is 4.79 Å². The van der Waals surface area contributed by atoms with Crippen molar-refractivity contribution in [3.63, 3.8) is 0 Å². The Morgan fingerprint density at radius 2 is 2.06 bits per heavy atom. The van der Waals surface area contributed by atoms with Crippen molar-refractivity contribution in [3.05, 3.63) is 23.8 Å². The maximum atomic E-state index is 12.4. The number of anilines is 1. The fraction of sp³-hybridized carbons (Fsp3) is 0.385. The van der Waals surface area contributed by atoms with E-state index >= 15 is 0 Å². The number of nitrogens with zero attached hydrogens (tertiary/aromatic N) is 3. The number of fused-ring (bicyclic) bond motifs is 3. The molecule has 2 heterocycles. The van der Waals surface area contributed by atoms with Gasteiger partial charge >= 0.3 is 6.03 Å². The van der Waals surface area contributed by atoms with Gasteiger partial charge < -0.3 is 10.2 Å². The number of para-hydroxylation sites is 1. The first kappa shape index (κ1) is 11.1. The van der Waals surface area contributed by atoms with Crippen LogP contribution in [0, 0.1) is 6.92 Å². The van der Waals surface area contributed by atoms with Gasteiger partial charge in [0.2, 0.25) is 5.95 Å². The fourth-order valence-electron chi connectivity index (χ4n) is 2.26. The molecule has 0 spiro atoms. The highest BCUT2D eigenvalue weighted by Gasteiger charge is 2.37. The number of imidazole rings is 1. The molecule has 1 N–H and O–H groups in total. The van der Waals surface area contributed by atoms with Crippen LogP contribution in [0.5, 0.6) is 0 Å². The van der Waals surface area contributed by atoms with Crippen molar-refractivity contribution >= 4 is 23.0 Å². The molecule has 18 heavy (non-hydrogen) atoms. The first-order chi connectivity index (χ1) is 8.42. The number of benzene rings is 1. The lowest BCUT2D eigenvalue weighted by Crippen LogP contribution is -2.56. The molecule has 0 atom stereocenters. The average molecular weight is 244 g/mol. The van der Waals surface area contributed by atoms with Crippen LogP contribution in [-0.4, -0.2) is 33.2 Å². The summed E-state index contributed by atoms with van der Waals surface area (Å²) in [7, 11) is 1.79. The molecule has 94 valence electrons. The molecule has 3 rings (SSSR count). The lowest BCUT2D eigenvalue weighted by Gasteiger charge is -2.40. The van der Waals surface area contributed by atoms with Gasteiger partial charge in [0, 0.05) is 7.05 Å². The SMILES string of the molecule is Cc1cccc2c1nc1n2C(=O)N(C)C(C)(C)N1. The Bertz CT molecular complexity index is 656. The molecule has 1 aliphatic heterocycles. The maximum absolute atomic E-state index is 12.4. The van der Waals surface area contributed by atoms with Crippen LogP contribution in [0.2, 0.25) is 0 Å². The summed E-state index contributed by atoms with van der Waals surface area (Å²) < 4.78 is 1.63. The Morgan fingerprint density at radius 1 is 1.33 bits per heavy atom. The van der Waals surface area contributed by atoms with Crippen LogP contribution in [0.3, 0.4) is 0 Å². The molecule has 0 bridgehead atoms. The van der Waals surface area contributed by atoms with E-state index in [1.54, 1.807) is 16.5 Å². The van der Waals surface area contributed by atoms with Crippen LogP contribution in [-0.2, 0) is 0 Å². The van der Waals surface area contributed by atoms with Crippen molar-refractivity contribution in [3.8, 4) is 0 Å². The van der Waals surface area contributed by atoms with Gasteiger partial charge in [-0.15, -0.1) is 0 Å². The summed E-state index contributed by atoms with van der Waals surface area (Å²) in [5.41, 5.74) is 2.37. The summed E-state index contributed by atoms with van der Waals surface area (Å²) in [6.07, 6.45) is 0. The minimum absolute atomic E-state index is 0.0538. The first-order valence-electron chi connectivity index (χ1n) is 5.96. The predicted octanol–water partition coefficient (Wildman–Crippen LogP) is 2.41. The van der Waals surface area contributed by atoms with E-state index in [4.69, 9.17) is 0 Å². The zero-order valence-electron chi connectivity index (χ0n) is 11.0. The number of amides is 1. The molecule has 5 nitrogen and oxygen atoms in total. The smallest absolute Gasteiger partial charge is 0.333 e. The van der Waals surface area contributed by atoms with Gasteiger partial charge in [0.15, 0.2) is 0 Å². The van der Waals surface area contributed by atoms with E-state index in [2.05, 4.69) is 10.3 Å². The van der Waals surface area contributed by atoms with Gasteiger partial charge in [-0.3, -0.25) is 0 Å². The summed E-state index contributed by atoms with van der Waals surface area (Å²) >= 11 is 0. The Labute approximate surface area is 105 Å². The van der Waals surface area contributed by atoms with Crippen molar-refractivity contribution in [1.82, 2.24) is 14.5 Å². The maximum Gasteiger partial charge on any atom is 0.333 e. The fourth-order valence-corrected chi connectivity index (χ4v) is 2.26. The van der Waals surface area contributed by atoms with E-state index in [9.17, 15) is 4.79 Å². The molecule has 2 aromatic rings. The van der Waals surface area contributed by atoms with Crippen LogP contribution >= 0.6 is 0 Å². The van der Waals surface area contributed by atoms with Gasteiger partial charge in [-0.2, -0.15) is 0 Å². The van der Waals surface area contributed by atoms with Crippen molar-refractivity contribution in [2.45, 2.75) is 26.4 Å². The molecule has 0 saturated heterocycles. The third-order valence-electron chi connectivity index (χ3n) is 3.62. The van der Waals surface area contributed by atoms with Crippen molar-refractivity contribution in [1.29, 1.82) is 0 Å². The van der Waals surface area contributed by atoms with Crippen molar-refractivity contribution in [2.75, 3.05) is 12.4 Å². The van der Waals surface area contributed by atoms with E-state index in [1.807, 2.05) is 39.0 Å². The standard InChI is InChI=1S/C13H16N4O/c1-8-6-5-7-9-10(8)14-11-15-13(2,3)16(4)12(18)17(9)11/h5-7H,1-4H3,(H,14,15). The zero-order chi connectivity index (χ0) is 13.1. The molecular weight excluding hydrogens is 228 g/mol. The van der Waals surface area contributed by atoms with E-state index in [1.165, 1.54) is 0 Å². The predicted molar refractivity (Wildman–Crippen MR) is 70.7 cm³/mol. The number of nitrogens with one attached hydrogen (secondary N) is 1. The molecule has 0 unspecified atom stereocenters. The van der Waals surface area contributed by atoms with Gasteiger partial charge in [0.05, 0.1) is 11.0 Å². The number of hydrogen-bond acceptors (Lipinski definition) is 3. The second-order valence-corrected chi connectivity index (χ2v) is 5.24. The molecule has 0 fully saturated rings. The van der Waals surface area contributed by atoms with E-state index in [-0.39, 0.29) is 6.03 Å². The number of carbonyl (C=O) groups is 1. The second-order valence-electron chi connectivity index (χ2n) is 5.24. The van der Waals surface area contributed by atoms with Crippen LogP contribution in [0.4, 0.5) is 10.7 Å². The third kappa shape index (κ3) is 1.27. The Kier molecular flexibility index (Phi) is 2.00. The van der Waals surface area contributed by atoms with Crippen LogP contribution in [0.15, 0.2) is 18.2 Å². The third-order valence-corrected chi connectivity index (χ3v) is 3.62. The highest BCUT2D eigenvalue weighted by atomic mass is 16.2. The van der Waals surface area contributed by atoms with Gasteiger partial charge in [-0.1, -0.05) is 12.1 Å². The molecule has 0 saturated carbocycles. The monoisotopic (exact) mass is 244 g/mol. The largest absolute Gasteiger partial charge is 0.333 e. The second kappa shape index (κ2) is 3.25. The van der Waals surface area contributed by atoms with Crippen LogP contribution < -0.4 is 5.32 Å². The summed E-state index contributed by atoms with van der Waals surface area (Å²) in [6.45, 7) is 5.92. The Balaban J connectivity index is 2.33. The average Bonchev–Trinajstić information content (AvgIpc) is 2.65. The normalized spacial score (nSPS) is 17.8. The Morgan fingerprint density at radius 3 is 2.78 bits per heavy atom. The van der Waals surface area contributed by atoms with E-state index < -0.39 is 5.66 Å². The molecule has 1 amide bonds. The van der Waals surface area contributed by atoms with Crippen LogP contribution in [0.1, 0.15) is 19.4 Å². The number of rotatable bonds is 0. The zero-order valence-corrected chi connectivity index (χ0v) is 11.0. The molecule has 1 aliphatic rings. The number of aryl methyl sites for hydroxylation is 1. The van der Waals surface area contributed by atoms with Gasteiger partial charge in [-0.25, -0.2) is 14.3 Å². The topological polar surface area (TPSA) is 50.2 Å². The van der Waals surface area contributed by atoms with Crippen LogP contribution in [0.25, 0.3) is 11.0 Å². The van der Waals surface area contributed by atoms with Gasteiger partial charge in [0.1, 0.15) is 5.66 Å². The summed E-state index contributed by atoms with van der Waals surface area (Å²) in [4.78, 5) is 18.6. The highest BCUT2D eigenvalue weighted by Crippen LogP contribution is 2.30. The Hall–Kier alpha value is -2.04. The minimum Gasteiger partial charge on any atom is -0.333 e. The molecule has 1 aromatic carbocycles. The first-order valence-corrected chi connectivity index (χ1v) is 5.96. The molecule has 0 radical (unpaired) electrons. The molecular formula is C13H16N4O. The minimum atomic E-state index is -0.428. The lowest BCUT2D eigenvalue weighted by atomic mass is 10.2. The number of hydrogen-bond donors (Lipinski definition) is 1. The lowest BCUT2D eigenvalue weighted by molar-refractivity contribution is 0.164. The van der Waals surface area contributed by atoms with Gasteiger partial charge in [-0.05, 0) is 32.4 Å². The summed E-state index contributed by atoms with van der Waals surface area (Å²) in [6, 6.07) is 5.81.